The van der Waals surface area contributed by atoms with Crippen molar-refractivity contribution in [2.75, 3.05) is 7.05 Å². The Hall–Kier alpha value is -1.34. The molecule has 1 heteroatoms. The van der Waals surface area contributed by atoms with Gasteiger partial charge in [0, 0.05) is 0 Å². The molecule has 0 bridgehead atoms. The van der Waals surface area contributed by atoms with Gasteiger partial charge in [-0.1, -0.05) is 68.0 Å². The molecule has 0 aromatic heterocycles. The first kappa shape index (κ1) is 19.0. The Morgan fingerprint density at radius 1 is 1.06 bits per heavy atom. The van der Waals surface area contributed by atoms with Gasteiger partial charge in [-0.2, -0.15) is 0 Å². The highest BCUT2D eigenvalue weighted by atomic mass is 14.4. The summed E-state index contributed by atoms with van der Waals surface area (Å²) in [4.78, 5) is 0. The average Bonchev–Trinajstić information content (AvgIpc) is 2.49. The van der Waals surface area contributed by atoms with Gasteiger partial charge in [-0.25, -0.2) is 0 Å². The second-order valence-corrected chi connectivity index (χ2v) is 3.35. The smallest absolute Gasteiger partial charge is 0.0195 e. The van der Waals surface area contributed by atoms with Gasteiger partial charge in [0.05, 0.1) is 0 Å². The van der Waals surface area contributed by atoms with E-state index >= 15 is 0 Å². The summed E-state index contributed by atoms with van der Waals surface area (Å²) >= 11 is 0. The molecule has 1 aromatic carbocycles. The molecule has 0 fully saturated rings. The van der Waals surface area contributed by atoms with Crippen molar-refractivity contribution in [1.29, 1.82) is 0 Å². The van der Waals surface area contributed by atoms with Crippen LogP contribution < -0.4 is 5.73 Å². The molecule has 102 valence electrons. The third-order valence-corrected chi connectivity index (χ3v) is 2.30. The van der Waals surface area contributed by atoms with Crippen molar-refractivity contribution in [2.24, 2.45) is 5.73 Å². The van der Waals surface area contributed by atoms with Crippen LogP contribution in [-0.4, -0.2) is 7.05 Å². The molecule has 1 rings (SSSR count). The third kappa shape index (κ3) is 9.86. The van der Waals surface area contributed by atoms with Gasteiger partial charge in [-0.05, 0) is 39.3 Å². The minimum absolute atomic E-state index is 1.13. The molecule has 18 heavy (non-hydrogen) atoms. The molecular weight excluding hydrogens is 218 g/mol. The molecule has 0 aliphatic rings. The molecule has 0 amide bonds. The van der Waals surface area contributed by atoms with Gasteiger partial charge in [-0.3, -0.25) is 0 Å². The zero-order valence-electron chi connectivity index (χ0n) is 12.6. The highest BCUT2D eigenvalue weighted by Crippen LogP contribution is 2.09. The van der Waals surface area contributed by atoms with Crippen molar-refractivity contribution in [3.05, 3.63) is 59.7 Å². The number of hydrogen-bond acceptors (Lipinski definition) is 1. The second-order valence-electron chi connectivity index (χ2n) is 3.35. The van der Waals surface area contributed by atoms with Crippen molar-refractivity contribution >= 4 is 0 Å². The minimum atomic E-state index is 1.13. The van der Waals surface area contributed by atoms with Crippen LogP contribution in [0.4, 0.5) is 0 Å². The molecule has 0 atom stereocenters. The fourth-order valence-corrected chi connectivity index (χ4v) is 1.47. The molecular formula is C17H29N. The maximum Gasteiger partial charge on any atom is -0.0195 e. The van der Waals surface area contributed by atoms with Crippen LogP contribution in [0.1, 0.15) is 39.7 Å². The first-order valence-corrected chi connectivity index (χ1v) is 6.76. The normalized spacial score (nSPS) is 10.2. The van der Waals surface area contributed by atoms with E-state index in [-0.39, 0.29) is 0 Å². The van der Waals surface area contributed by atoms with Crippen LogP contribution in [0.2, 0.25) is 0 Å². The summed E-state index contributed by atoms with van der Waals surface area (Å²) in [7, 11) is 1.50. The van der Waals surface area contributed by atoms with Crippen LogP contribution in [-0.2, 0) is 6.42 Å². The third-order valence-electron chi connectivity index (χ3n) is 2.30. The fourth-order valence-electron chi connectivity index (χ4n) is 1.47. The van der Waals surface area contributed by atoms with Crippen LogP contribution in [0, 0.1) is 0 Å². The number of aryl methyl sites for hydroxylation is 1. The van der Waals surface area contributed by atoms with E-state index in [1.807, 2.05) is 13.8 Å². The number of hydrogen-bond donors (Lipinski definition) is 1. The Labute approximate surface area is 113 Å². The molecule has 1 aromatic rings. The van der Waals surface area contributed by atoms with E-state index in [9.17, 15) is 0 Å². The van der Waals surface area contributed by atoms with Gasteiger partial charge in [-0.15, -0.1) is 0 Å². The molecule has 0 aliphatic heterocycles. The van der Waals surface area contributed by atoms with Crippen molar-refractivity contribution in [3.63, 3.8) is 0 Å². The summed E-state index contributed by atoms with van der Waals surface area (Å²) in [6.07, 6.45) is 8.72. The first-order chi connectivity index (χ1) is 8.86. The van der Waals surface area contributed by atoms with Crippen LogP contribution >= 0.6 is 0 Å². The average molecular weight is 247 g/mol. The Morgan fingerprint density at radius 3 is 2.06 bits per heavy atom. The number of benzene rings is 1. The largest absolute Gasteiger partial charge is 0.333 e. The highest BCUT2D eigenvalue weighted by Gasteiger charge is 1.93. The quantitative estimate of drug-likeness (QED) is 0.764. The zero-order chi connectivity index (χ0) is 14.2. The molecule has 0 aliphatic carbocycles. The molecule has 0 unspecified atom stereocenters. The van der Waals surface area contributed by atoms with Gasteiger partial charge in [0.1, 0.15) is 0 Å². The molecule has 1 nitrogen and oxygen atoms in total. The molecule has 0 saturated heterocycles. The van der Waals surface area contributed by atoms with Crippen LogP contribution in [0.15, 0.2) is 54.1 Å². The molecule has 0 saturated carbocycles. The van der Waals surface area contributed by atoms with Crippen molar-refractivity contribution < 1.29 is 0 Å². The standard InChI is InChI=1S/C14H18.C2H6.CH5N/c1-3-8-13(4-2)11-12-14-9-6-5-7-10-14;2*1-2/h3-10H,11-12H2,1-2H3;1-2H3;2H2,1H3/b8-3-,13-4+;;. The van der Waals surface area contributed by atoms with Gasteiger partial charge in [0.2, 0.25) is 0 Å². The van der Waals surface area contributed by atoms with Gasteiger partial charge in [0.15, 0.2) is 0 Å². The summed E-state index contributed by atoms with van der Waals surface area (Å²) in [5.74, 6) is 0. The predicted molar refractivity (Wildman–Crippen MR) is 84.8 cm³/mol. The fraction of sp³-hybridized carbons (Fsp3) is 0.412. The van der Waals surface area contributed by atoms with E-state index in [2.05, 4.69) is 68.1 Å². The number of rotatable bonds is 4. The monoisotopic (exact) mass is 247 g/mol. The van der Waals surface area contributed by atoms with Crippen molar-refractivity contribution in [3.8, 4) is 0 Å². The lowest BCUT2D eigenvalue weighted by Crippen LogP contribution is -1.86. The molecule has 0 heterocycles. The second kappa shape index (κ2) is 15.7. The first-order valence-electron chi connectivity index (χ1n) is 6.76. The maximum absolute atomic E-state index is 4.50. The van der Waals surface area contributed by atoms with E-state index < -0.39 is 0 Å². The number of nitrogens with two attached hydrogens (primary N) is 1. The lowest BCUT2D eigenvalue weighted by atomic mass is 10.0. The van der Waals surface area contributed by atoms with Crippen LogP contribution in [0.3, 0.4) is 0 Å². The Balaban J connectivity index is 0. The van der Waals surface area contributed by atoms with E-state index in [1.165, 1.54) is 18.2 Å². The van der Waals surface area contributed by atoms with E-state index in [0.717, 1.165) is 12.8 Å². The van der Waals surface area contributed by atoms with Gasteiger partial charge in [0.25, 0.3) is 0 Å². The summed E-state index contributed by atoms with van der Waals surface area (Å²) in [5, 5.41) is 0. The summed E-state index contributed by atoms with van der Waals surface area (Å²) in [6.45, 7) is 8.16. The lowest BCUT2D eigenvalue weighted by Gasteiger charge is -2.01. The lowest BCUT2D eigenvalue weighted by molar-refractivity contribution is 0.962. The summed E-state index contributed by atoms with van der Waals surface area (Å²) in [5.41, 5.74) is 7.33. The molecule has 0 radical (unpaired) electrons. The van der Waals surface area contributed by atoms with Crippen molar-refractivity contribution in [2.45, 2.75) is 40.5 Å². The van der Waals surface area contributed by atoms with Gasteiger partial charge >= 0.3 is 0 Å². The van der Waals surface area contributed by atoms with Gasteiger partial charge < -0.3 is 5.73 Å². The molecule has 0 spiro atoms. The Morgan fingerprint density at radius 2 is 1.61 bits per heavy atom. The van der Waals surface area contributed by atoms with E-state index in [4.69, 9.17) is 0 Å². The SMILES string of the molecule is C/C=C\C(=C/C)CCc1ccccc1.CC.CN. The molecule has 2 N–H and O–H groups in total. The maximum atomic E-state index is 4.50. The zero-order valence-corrected chi connectivity index (χ0v) is 12.6. The van der Waals surface area contributed by atoms with E-state index in [0.29, 0.717) is 0 Å². The predicted octanol–water partition coefficient (Wildman–Crippen LogP) is 4.74. The van der Waals surface area contributed by atoms with Crippen LogP contribution in [0.5, 0.6) is 0 Å². The van der Waals surface area contributed by atoms with E-state index in [1.54, 1.807) is 0 Å². The summed E-state index contributed by atoms with van der Waals surface area (Å²) in [6, 6.07) is 10.6. The summed E-state index contributed by atoms with van der Waals surface area (Å²) < 4.78 is 0. The van der Waals surface area contributed by atoms with Crippen molar-refractivity contribution in [1.82, 2.24) is 0 Å². The highest BCUT2D eigenvalue weighted by molar-refractivity contribution is 5.21. The van der Waals surface area contributed by atoms with Crippen LogP contribution in [0.25, 0.3) is 0 Å². The number of allylic oxidation sites excluding steroid dienone is 4. The topological polar surface area (TPSA) is 26.0 Å². The minimum Gasteiger partial charge on any atom is -0.333 e. The Kier molecular flexibility index (Phi) is 16.5. The Bertz CT molecular complexity index is 310.